The molecule has 20 heteroatoms. The molecule has 0 saturated carbocycles. The second-order valence-corrected chi connectivity index (χ2v) is 18.9. The van der Waals surface area contributed by atoms with Crippen molar-refractivity contribution in [3.05, 3.63) is 71.8 Å². The number of amides is 8. The van der Waals surface area contributed by atoms with Gasteiger partial charge >= 0.3 is 5.97 Å². The zero-order chi connectivity index (χ0) is 52.0. The van der Waals surface area contributed by atoms with Crippen molar-refractivity contribution in [3.8, 4) is 0 Å². The fourth-order valence-corrected chi connectivity index (χ4v) is 7.32. The maximum absolute atomic E-state index is 14.2. The normalized spacial score (nSPS) is 14.8. The predicted molar refractivity (Wildman–Crippen MR) is 258 cm³/mol. The fourth-order valence-electron chi connectivity index (χ4n) is 7.32. The Kier molecular flexibility index (Phi) is 25.1. The van der Waals surface area contributed by atoms with E-state index in [0.717, 1.165) is 0 Å². The number of benzene rings is 2. The van der Waals surface area contributed by atoms with Gasteiger partial charge in [0.2, 0.25) is 47.3 Å². The lowest BCUT2D eigenvalue weighted by Gasteiger charge is -2.29. The van der Waals surface area contributed by atoms with Crippen LogP contribution in [-0.4, -0.2) is 119 Å². The van der Waals surface area contributed by atoms with Crippen LogP contribution in [0.3, 0.4) is 0 Å². The van der Waals surface area contributed by atoms with Crippen molar-refractivity contribution in [1.82, 2.24) is 42.5 Å². The van der Waals surface area contributed by atoms with E-state index in [9.17, 15) is 53.4 Å². The summed E-state index contributed by atoms with van der Waals surface area (Å²) in [6, 6.07) is 9.40. The van der Waals surface area contributed by atoms with Gasteiger partial charge in [-0.1, -0.05) is 116 Å². The first-order valence-electron chi connectivity index (χ1n) is 23.5. The highest BCUT2D eigenvalue weighted by molar-refractivity contribution is 6.02. The molecule has 0 aliphatic heterocycles. The van der Waals surface area contributed by atoms with Gasteiger partial charge in [-0.2, -0.15) is 0 Å². The van der Waals surface area contributed by atoms with Crippen LogP contribution in [0.15, 0.2) is 60.7 Å². The third kappa shape index (κ3) is 21.2. The molecule has 0 aromatic heterocycles. The van der Waals surface area contributed by atoms with Crippen LogP contribution < -0.4 is 48.3 Å². The first-order valence-corrected chi connectivity index (χ1v) is 23.5. The summed E-state index contributed by atoms with van der Waals surface area (Å²) >= 11 is 0. The molecule has 2 rings (SSSR count). The number of carbonyl (C=O) groups is 9. The summed E-state index contributed by atoms with van der Waals surface area (Å²) in [5.41, 5.74) is 6.75. The molecule has 69 heavy (non-hydrogen) atoms. The fraction of sp³-hybridized carbons (Fsp3) is 0.571. The number of rotatable bonds is 29. The number of aliphatic carboxylic acids is 1. The molecule has 0 bridgehead atoms. The van der Waals surface area contributed by atoms with Gasteiger partial charge in [0, 0.05) is 12.8 Å². The van der Waals surface area contributed by atoms with Crippen LogP contribution in [0.1, 0.15) is 92.7 Å². The number of hydrogen-bond donors (Lipinski definition) is 11. The molecule has 20 nitrogen and oxygen atoms in total. The van der Waals surface area contributed by atoms with E-state index in [0.29, 0.717) is 11.1 Å². The van der Waals surface area contributed by atoms with Crippen molar-refractivity contribution in [2.24, 2.45) is 35.3 Å². The van der Waals surface area contributed by atoms with E-state index < -0.39 is 114 Å². The van der Waals surface area contributed by atoms with Gasteiger partial charge in [-0.3, -0.25) is 38.4 Å². The molecule has 0 radical (unpaired) electrons. The lowest BCUT2D eigenvalue weighted by Crippen LogP contribution is -2.62. The Morgan fingerprint density at radius 1 is 0.478 bits per heavy atom. The van der Waals surface area contributed by atoms with E-state index >= 15 is 0 Å². The van der Waals surface area contributed by atoms with E-state index in [-0.39, 0.29) is 56.5 Å². The molecule has 382 valence electrons. The molecule has 2 aromatic carbocycles. The number of nitrogens with one attached hydrogen (secondary N) is 8. The van der Waals surface area contributed by atoms with Crippen molar-refractivity contribution < 1.29 is 53.4 Å². The van der Waals surface area contributed by atoms with Crippen molar-refractivity contribution in [2.75, 3.05) is 13.2 Å². The number of nitrogens with two attached hydrogens (primary N) is 1. The Hall–Kier alpha value is -6.41. The topological polar surface area (TPSA) is 316 Å². The number of hydrogen-bond acceptors (Lipinski definition) is 11. The van der Waals surface area contributed by atoms with Crippen molar-refractivity contribution >= 4 is 53.2 Å². The smallest absolute Gasteiger partial charge is 0.326 e. The van der Waals surface area contributed by atoms with Gasteiger partial charge in [0.15, 0.2) is 0 Å². The Morgan fingerprint density at radius 3 is 1.36 bits per heavy atom. The molecule has 0 saturated heterocycles. The monoisotopic (exact) mass is 966 g/mol. The minimum atomic E-state index is -1.61. The highest BCUT2D eigenvalue weighted by Gasteiger charge is 2.36. The molecule has 8 amide bonds. The molecule has 0 aliphatic carbocycles. The SMILES string of the molecule is CC(C)C[C@H](C(=O)NCN)C(=O)N[C@@H](CC(C)C)C(=O)NCC(=O)N[C@@H](Cc1ccccc1)C(=O)N[C@H](C(=O)N[C@@H](Cc1ccccc1)C(=O)N[C@H](C(=O)N[C@@H](CC(C)C)C(=O)O)[C@H](C)O)C(C)C. The zero-order valence-corrected chi connectivity index (χ0v) is 41.3. The zero-order valence-electron chi connectivity index (χ0n) is 41.3. The van der Waals surface area contributed by atoms with Crippen LogP contribution in [0.25, 0.3) is 0 Å². The van der Waals surface area contributed by atoms with Crippen LogP contribution in [0.5, 0.6) is 0 Å². The molecule has 0 fully saturated rings. The summed E-state index contributed by atoms with van der Waals surface area (Å²) in [6.45, 7) is 14.7. The molecule has 0 heterocycles. The minimum absolute atomic E-state index is 0.0331. The number of carboxylic acid groups (broad SMARTS) is 1. The van der Waals surface area contributed by atoms with Crippen LogP contribution in [0, 0.1) is 29.6 Å². The highest BCUT2D eigenvalue weighted by atomic mass is 16.4. The maximum Gasteiger partial charge on any atom is 0.326 e. The van der Waals surface area contributed by atoms with Crippen molar-refractivity contribution in [2.45, 2.75) is 137 Å². The Labute approximate surface area is 405 Å². The van der Waals surface area contributed by atoms with E-state index in [1.165, 1.54) is 6.92 Å². The van der Waals surface area contributed by atoms with Gasteiger partial charge in [0.05, 0.1) is 19.3 Å². The number of aliphatic hydroxyl groups is 1. The predicted octanol–water partition coefficient (Wildman–Crippen LogP) is 0.405. The molecule has 0 spiro atoms. The number of carboxylic acids is 1. The lowest BCUT2D eigenvalue weighted by molar-refractivity contribution is -0.143. The summed E-state index contributed by atoms with van der Waals surface area (Å²) in [6.07, 6.45) is -1.13. The molecule has 12 N–H and O–H groups in total. The molecule has 2 aromatic rings. The van der Waals surface area contributed by atoms with Gasteiger partial charge in [-0.25, -0.2) is 4.79 Å². The summed E-state index contributed by atoms with van der Waals surface area (Å²) in [5.74, 6) is -9.31. The number of aliphatic hydroxyl groups excluding tert-OH is 1. The Balaban J connectivity index is 2.35. The highest BCUT2D eigenvalue weighted by Crippen LogP contribution is 2.15. The van der Waals surface area contributed by atoms with Crippen LogP contribution in [0.2, 0.25) is 0 Å². The Bertz CT molecular complexity index is 2020. The van der Waals surface area contributed by atoms with Gasteiger partial charge in [0.25, 0.3) is 0 Å². The van der Waals surface area contributed by atoms with Crippen molar-refractivity contribution in [1.29, 1.82) is 0 Å². The quantitative estimate of drug-likeness (QED) is 0.0390. The standard InChI is InChI=1S/C49H75N9O11/c1-27(2)20-34(42(61)52-26-50)43(62)54-35(21-28(3)4)44(63)51-25-39(60)53-36(23-32-16-12-10-13-17-32)45(64)57-40(30(7)8)47(66)55-37(24-33-18-14-11-15-19-33)46(65)58-41(31(9)59)48(67)56-38(49(68)69)22-29(5)6/h10-19,27-31,34-38,40-41,59H,20-26,50H2,1-9H3,(H,51,63)(H,52,61)(H,53,60)(H,54,62)(H,55,66)(H,56,67)(H,57,64)(H,58,65)(H,68,69)/t31-,34+,35-,36-,37-,38-,40-,41-/m0/s1. The molecule has 8 atom stereocenters. The third-order valence-electron chi connectivity index (χ3n) is 10.9. The second kappa shape index (κ2) is 29.5. The van der Waals surface area contributed by atoms with Crippen LogP contribution in [0.4, 0.5) is 0 Å². The second-order valence-electron chi connectivity index (χ2n) is 18.9. The summed E-state index contributed by atoms with van der Waals surface area (Å²) < 4.78 is 0. The van der Waals surface area contributed by atoms with E-state index in [1.54, 1.807) is 88.4 Å². The van der Waals surface area contributed by atoms with Gasteiger partial charge in [-0.15, -0.1) is 0 Å². The van der Waals surface area contributed by atoms with E-state index in [4.69, 9.17) is 5.73 Å². The molecular weight excluding hydrogens is 891 g/mol. The van der Waals surface area contributed by atoms with Crippen molar-refractivity contribution in [3.63, 3.8) is 0 Å². The molecule has 0 unspecified atom stereocenters. The molecular formula is C49H75N9O11. The van der Waals surface area contributed by atoms with Gasteiger partial charge < -0.3 is 58.5 Å². The van der Waals surface area contributed by atoms with E-state index in [1.807, 2.05) is 27.7 Å². The first-order chi connectivity index (χ1) is 32.4. The first kappa shape index (κ1) is 58.7. The summed E-state index contributed by atoms with van der Waals surface area (Å²) in [7, 11) is 0. The molecule has 0 aliphatic rings. The summed E-state index contributed by atoms with van der Waals surface area (Å²) in [5, 5.41) is 40.8. The summed E-state index contributed by atoms with van der Waals surface area (Å²) in [4.78, 5) is 121. The number of carbonyl (C=O) groups excluding carboxylic acids is 8. The largest absolute Gasteiger partial charge is 0.480 e. The maximum atomic E-state index is 14.2. The third-order valence-corrected chi connectivity index (χ3v) is 10.9. The average Bonchev–Trinajstić information content (AvgIpc) is 3.27. The Morgan fingerprint density at radius 2 is 0.913 bits per heavy atom. The van der Waals surface area contributed by atoms with Crippen LogP contribution in [-0.2, 0) is 56.0 Å². The van der Waals surface area contributed by atoms with E-state index in [2.05, 4.69) is 42.5 Å². The van der Waals surface area contributed by atoms with Crippen LogP contribution >= 0.6 is 0 Å². The average molecular weight is 966 g/mol. The lowest BCUT2D eigenvalue weighted by atomic mass is 9.94. The minimum Gasteiger partial charge on any atom is -0.480 e. The van der Waals surface area contributed by atoms with Gasteiger partial charge in [-0.05, 0) is 61.0 Å². The van der Waals surface area contributed by atoms with Gasteiger partial charge in [0.1, 0.15) is 42.2 Å².